The van der Waals surface area contributed by atoms with Crippen molar-refractivity contribution in [3.05, 3.63) is 40.3 Å². The number of carbonyl (C=O) groups excluding carboxylic acids is 1. The van der Waals surface area contributed by atoms with Gasteiger partial charge in [0.2, 0.25) is 5.71 Å². The third kappa shape index (κ3) is 3.18. The number of anilines is 1. The first-order valence-electron chi connectivity index (χ1n) is 7.87. The summed E-state index contributed by atoms with van der Waals surface area (Å²) >= 11 is 0. The Morgan fingerprint density at radius 2 is 2.24 bits per heavy atom. The normalized spacial score (nSPS) is 11.2. The van der Waals surface area contributed by atoms with Crippen LogP contribution in [0.1, 0.15) is 23.0 Å². The van der Waals surface area contributed by atoms with Crippen molar-refractivity contribution >= 4 is 22.8 Å². The molecule has 0 aliphatic carbocycles. The highest BCUT2D eigenvalue weighted by Crippen LogP contribution is 2.22. The van der Waals surface area contributed by atoms with Crippen molar-refractivity contribution < 1.29 is 13.9 Å². The van der Waals surface area contributed by atoms with Crippen molar-refractivity contribution in [1.82, 2.24) is 19.3 Å². The SMILES string of the molecule is CCn1ccc(NC(=O)c2c(C)oc3ncn(CCOC)c(=O)c23)n1. The molecule has 9 heteroatoms. The number of aromatic nitrogens is 4. The fourth-order valence-electron chi connectivity index (χ4n) is 2.54. The number of methoxy groups -OCH3 is 1. The second kappa shape index (κ2) is 6.89. The monoisotopic (exact) mass is 345 g/mol. The van der Waals surface area contributed by atoms with Gasteiger partial charge in [0.25, 0.3) is 11.5 Å². The van der Waals surface area contributed by atoms with Crippen molar-refractivity contribution in [1.29, 1.82) is 0 Å². The number of rotatable bonds is 6. The van der Waals surface area contributed by atoms with Crippen molar-refractivity contribution in [3.63, 3.8) is 0 Å². The minimum absolute atomic E-state index is 0.139. The summed E-state index contributed by atoms with van der Waals surface area (Å²) in [4.78, 5) is 29.5. The molecule has 0 aromatic carbocycles. The maximum atomic E-state index is 12.7. The summed E-state index contributed by atoms with van der Waals surface area (Å²) in [6.07, 6.45) is 3.15. The van der Waals surface area contributed by atoms with Gasteiger partial charge in [0, 0.05) is 25.9 Å². The summed E-state index contributed by atoms with van der Waals surface area (Å²) in [5.41, 5.74) is -0.0335. The lowest BCUT2D eigenvalue weighted by Gasteiger charge is -2.04. The van der Waals surface area contributed by atoms with Crippen molar-refractivity contribution in [3.8, 4) is 0 Å². The van der Waals surface area contributed by atoms with E-state index in [1.54, 1.807) is 31.0 Å². The molecule has 1 amide bonds. The zero-order chi connectivity index (χ0) is 18.0. The van der Waals surface area contributed by atoms with Crippen LogP contribution in [0.4, 0.5) is 5.82 Å². The Labute approximate surface area is 143 Å². The van der Waals surface area contributed by atoms with E-state index in [4.69, 9.17) is 9.15 Å². The summed E-state index contributed by atoms with van der Waals surface area (Å²) in [6, 6.07) is 1.69. The number of carbonyl (C=O) groups is 1. The number of hydrogen-bond donors (Lipinski definition) is 1. The van der Waals surface area contributed by atoms with Crippen LogP contribution in [0.3, 0.4) is 0 Å². The van der Waals surface area contributed by atoms with E-state index in [0.29, 0.717) is 31.3 Å². The molecule has 0 aliphatic rings. The van der Waals surface area contributed by atoms with E-state index in [9.17, 15) is 9.59 Å². The van der Waals surface area contributed by atoms with Crippen LogP contribution in [0.2, 0.25) is 0 Å². The molecule has 0 fully saturated rings. The van der Waals surface area contributed by atoms with Crippen LogP contribution < -0.4 is 10.9 Å². The molecular formula is C16H19N5O4. The Morgan fingerprint density at radius 3 is 2.92 bits per heavy atom. The molecular weight excluding hydrogens is 326 g/mol. The summed E-state index contributed by atoms with van der Waals surface area (Å²) in [5.74, 6) is 0.279. The molecule has 3 aromatic rings. The molecule has 0 saturated carbocycles. The van der Waals surface area contributed by atoms with Gasteiger partial charge in [-0.3, -0.25) is 18.8 Å². The number of ether oxygens (including phenoxy) is 1. The minimum Gasteiger partial charge on any atom is -0.442 e. The maximum absolute atomic E-state index is 12.7. The lowest BCUT2D eigenvalue weighted by molar-refractivity contribution is 0.102. The minimum atomic E-state index is -0.457. The average Bonchev–Trinajstić information content (AvgIpc) is 3.18. The molecule has 9 nitrogen and oxygen atoms in total. The van der Waals surface area contributed by atoms with Gasteiger partial charge < -0.3 is 14.5 Å². The highest BCUT2D eigenvalue weighted by molar-refractivity contribution is 6.12. The molecule has 25 heavy (non-hydrogen) atoms. The van der Waals surface area contributed by atoms with Crippen molar-refractivity contribution in [2.24, 2.45) is 0 Å². The molecule has 3 aromatic heterocycles. The summed E-state index contributed by atoms with van der Waals surface area (Å²) < 4.78 is 13.6. The number of fused-ring (bicyclic) bond motifs is 1. The van der Waals surface area contributed by atoms with E-state index in [1.165, 1.54) is 10.9 Å². The van der Waals surface area contributed by atoms with Gasteiger partial charge in [-0.25, -0.2) is 4.98 Å². The van der Waals surface area contributed by atoms with Crippen LogP contribution in [0.5, 0.6) is 0 Å². The lowest BCUT2D eigenvalue weighted by Crippen LogP contribution is -2.24. The zero-order valence-electron chi connectivity index (χ0n) is 14.3. The Hall–Kier alpha value is -2.94. The van der Waals surface area contributed by atoms with Gasteiger partial charge in [0.1, 0.15) is 17.5 Å². The van der Waals surface area contributed by atoms with E-state index < -0.39 is 5.91 Å². The van der Waals surface area contributed by atoms with Gasteiger partial charge >= 0.3 is 0 Å². The van der Waals surface area contributed by atoms with Gasteiger partial charge in [-0.15, -0.1) is 0 Å². The predicted molar refractivity (Wildman–Crippen MR) is 90.7 cm³/mol. The molecule has 3 heterocycles. The molecule has 0 spiro atoms. The fraction of sp³-hybridized carbons (Fsp3) is 0.375. The number of furan rings is 1. The third-order valence-electron chi connectivity index (χ3n) is 3.82. The van der Waals surface area contributed by atoms with Gasteiger partial charge in [-0.05, 0) is 13.8 Å². The van der Waals surface area contributed by atoms with Crippen LogP contribution in [-0.2, 0) is 17.8 Å². The van der Waals surface area contributed by atoms with E-state index in [1.807, 2.05) is 6.92 Å². The number of amides is 1. The molecule has 0 bridgehead atoms. The van der Waals surface area contributed by atoms with Gasteiger partial charge in [-0.1, -0.05) is 0 Å². The van der Waals surface area contributed by atoms with Crippen LogP contribution in [-0.4, -0.2) is 39.0 Å². The molecule has 0 aliphatic heterocycles. The number of nitrogens with one attached hydrogen (secondary N) is 1. The van der Waals surface area contributed by atoms with E-state index in [2.05, 4.69) is 15.4 Å². The van der Waals surface area contributed by atoms with Gasteiger partial charge in [0.15, 0.2) is 5.82 Å². The van der Waals surface area contributed by atoms with Crippen LogP contribution in [0.25, 0.3) is 11.1 Å². The predicted octanol–water partition coefficient (Wildman–Crippen LogP) is 1.41. The first-order chi connectivity index (χ1) is 12.0. The molecule has 0 atom stereocenters. The van der Waals surface area contributed by atoms with E-state index in [-0.39, 0.29) is 22.2 Å². The Balaban J connectivity index is 2.00. The quantitative estimate of drug-likeness (QED) is 0.724. The number of aryl methyl sites for hydroxylation is 2. The first-order valence-corrected chi connectivity index (χ1v) is 7.87. The van der Waals surface area contributed by atoms with Crippen LogP contribution >= 0.6 is 0 Å². The summed E-state index contributed by atoms with van der Waals surface area (Å²) in [5, 5.41) is 7.05. The molecule has 132 valence electrons. The topological polar surface area (TPSA) is 104 Å². The highest BCUT2D eigenvalue weighted by Gasteiger charge is 2.23. The average molecular weight is 345 g/mol. The number of hydrogen-bond acceptors (Lipinski definition) is 6. The second-order valence-corrected chi connectivity index (χ2v) is 5.46. The zero-order valence-corrected chi connectivity index (χ0v) is 14.3. The standard InChI is InChI=1S/C16H19N5O4/c1-4-21-6-5-11(19-21)18-14(22)12-10(2)25-15-13(12)16(23)20(9-17-15)7-8-24-3/h5-6,9H,4,7-8H2,1-3H3,(H,18,19,22). The van der Waals surface area contributed by atoms with E-state index in [0.717, 1.165) is 0 Å². The maximum Gasteiger partial charge on any atom is 0.265 e. The third-order valence-corrected chi connectivity index (χ3v) is 3.82. The number of nitrogens with zero attached hydrogens (tertiary/aromatic N) is 4. The van der Waals surface area contributed by atoms with Gasteiger partial charge in [-0.2, -0.15) is 5.10 Å². The largest absolute Gasteiger partial charge is 0.442 e. The van der Waals surface area contributed by atoms with Crippen LogP contribution in [0, 0.1) is 6.92 Å². The molecule has 3 rings (SSSR count). The Morgan fingerprint density at radius 1 is 1.44 bits per heavy atom. The summed E-state index contributed by atoms with van der Waals surface area (Å²) in [6.45, 7) is 4.96. The lowest BCUT2D eigenvalue weighted by atomic mass is 10.2. The molecule has 0 radical (unpaired) electrons. The van der Waals surface area contributed by atoms with Crippen molar-refractivity contribution in [2.75, 3.05) is 19.0 Å². The Kier molecular flexibility index (Phi) is 4.66. The molecule has 0 saturated heterocycles. The van der Waals surface area contributed by atoms with E-state index >= 15 is 0 Å². The molecule has 0 unspecified atom stereocenters. The second-order valence-electron chi connectivity index (χ2n) is 5.46. The first kappa shape index (κ1) is 16.9. The fourth-order valence-corrected chi connectivity index (χ4v) is 2.54. The Bertz CT molecular complexity index is 969. The van der Waals surface area contributed by atoms with Crippen molar-refractivity contribution in [2.45, 2.75) is 26.9 Å². The van der Waals surface area contributed by atoms with Crippen LogP contribution in [0.15, 0.2) is 27.8 Å². The van der Waals surface area contributed by atoms with Gasteiger partial charge in [0.05, 0.1) is 18.7 Å². The highest BCUT2D eigenvalue weighted by atomic mass is 16.5. The molecule has 1 N–H and O–H groups in total. The summed E-state index contributed by atoms with van der Waals surface area (Å²) in [7, 11) is 1.55. The smallest absolute Gasteiger partial charge is 0.265 e.